The van der Waals surface area contributed by atoms with E-state index < -0.39 is 0 Å². The van der Waals surface area contributed by atoms with Crippen LogP contribution in [0, 0.1) is 6.92 Å². The Balaban J connectivity index is 1.36. The normalized spacial score (nSPS) is 11.0. The molecule has 5 nitrogen and oxygen atoms in total. The van der Waals surface area contributed by atoms with Crippen LogP contribution >= 0.6 is 11.6 Å². The summed E-state index contributed by atoms with van der Waals surface area (Å²) in [4.78, 5) is 17.2. The predicted octanol–water partition coefficient (Wildman–Crippen LogP) is 6.97. The van der Waals surface area contributed by atoms with Gasteiger partial charge in [0.05, 0.1) is 0 Å². The number of nitrogens with zero attached hydrogens (tertiary/aromatic N) is 1. The lowest BCUT2D eigenvalue weighted by Gasteiger charge is -2.03. The van der Waals surface area contributed by atoms with Gasteiger partial charge in [-0.15, -0.1) is 0 Å². The molecular weight excluding hydrogens is 412 g/mol. The zero-order valence-corrected chi connectivity index (χ0v) is 17.3. The molecule has 3 aromatic carbocycles. The predicted molar refractivity (Wildman–Crippen MR) is 121 cm³/mol. The van der Waals surface area contributed by atoms with E-state index in [2.05, 4.69) is 10.3 Å². The second-order valence-electron chi connectivity index (χ2n) is 7.20. The fourth-order valence-corrected chi connectivity index (χ4v) is 3.46. The number of rotatable bonds is 4. The van der Waals surface area contributed by atoms with Crippen LogP contribution in [0.4, 0.5) is 5.69 Å². The first kappa shape index (κ1) is 19.2. The Labute approximate surface area is 183 Å². The maximum absolute atomic E-state index is 12.6. The van der Waals surface area contributed by atoms with Crippen molar-refractivity contribution in [3.63, 3.8) is 0 Å². The molecule has 0 bridgehead atoms. The third-order valence-electron chi connectivity index (χ3n) is 4.88. The molecule has 1 N–H and O–H groups in total. The standard InChI is InChI=1S/C25H17ClN2O3/c1-15-5-7-16(8-6-15)25-28-20-14-19(9-10-22(20)31-25)27-24(29)23-12-11-21(30-23)17-3-2-4-18(26)13-17/h2-14H,1H3,(H,27,29). The van der Waals surface area contributed by atoms with Gasteiger partial charge in [0.2, 0.25) is 5.89 Å². The van der Waals surface area contributed by atoms with Crippen molar-refractivity contribution in [2.45, 2.75) is 6.92 Å². The number of fused-ring (bicyclic) bond motifs is 1. The van der Waals surface area contributed by atoms with Gasteiger partial charge in [-0.25, -0.2) is 4.98 Å². The van der Waals surface area contributed by atoms with Crippen molar-refractivity contribution >= 4 is 34.3 Å². The first-order valence-electron chi connectivity index (χ1n) is 9.70. The fourth-order valence-electron chi connectivity index (χ4n) is 3.27. The molecule has 31 heavy (non-hydrogen) atoms. The Morgan fingerprint density at radius 2 is 1.74 bits per heavy atom. The van der Waals surface area contributed by atoms with Crippen molar-refractivity contribution in [3.8, 4) is 22.8 Å². The number of benzene rings is 3. The Bertz CT molecular complexity index is 1400. The second-order valence-corrected chi connectivity index (χ2v) is 7.63. The zero-order valence-electron chi connectivity index (χ0n) is 16.6. The monoisotopic (exact) mass is 428 g/mol. The number of carbonyl (C=O) groups is 1. The fraction of sp³-hybridized carbons (Fsp3) is 0.0400. The number of aryl methyl sites for hydroxylation is 1. The second kappa shape index (κ2) is 7.78. The van der Waals surface area contributed by atoms with Crippen LogP contribution in [0.1, 0.15) is 16.1 Å². The van der Waals surface area contributed by atoms with Gasteiger partial charge in [0, 0.05) is 21.8 Å². The largest absolute Gasteiger partial charge is 0.451 e. The van der Waals surface area contributed by atoms with Crippen molar-refractivity contribution in [2.24, 2.45) is 0 Å². The van der Waals surface area contributed by atoms with Crippen molar-refractivity contribution < 1.29 is 13.6 Å². The number of aromatic nitrogens is 1. The average molecular weight is 429 g/mol. The number of oxazole rings is 1. The summed E-state index contributed by atoms with van der Waals surface area (Å²) >= 11 is 6.03. The molecule has 0 fully saturated rings. The van der Waals surface area contributed by atoms with Crippen LogP contribution in [-0.4, -0.2) is 10.9 Å². The molecular formula is C25H17ClN2O3. The van der Waals surface area contributed by atoms with E-state index >= 15 is 0 Å². The quantitative estimate of drug-likeness (QED) is 0.335. The topological polar surface area (TPSA) is 68.3 Å². The van der Waals surface area contributed by atoms with E-state index in [1.54, 1.807) is 42.5 Å². The number of nitrogens with one attached hydrogen (secondary N) is 1. The number of furan rings is 1. The lowest BCUT2D eigenvalue weighted by atomic mass is 10.1. The zero-order chi connectivity index (χ0) is 21.4. The maximum Gasteiger partial charge on any atom is 0.291 e. The van der Waals surface area contributed by atoms with Gasteiger partial charge >= 0.3 is 0 Å². The molecule has 0 unspecified atom stereocenters. The van der Waals surface area contributed by atoms with Gasteiger partial charge in [-0.1, -0.05) is 41.4 Å². The number of hydrogen-bond acceptors (Lipinski definition) is 4. The molecule has 0 aliphatic carbocycles. The first-order valence-corrected chi connectivity index (χ1v) is 10.1. The minimum atomic E-state index is -0.352. The molecule has 5 aromatic rings. The number of halogens is 1. The smallest absolute Gasteiger partial charge is 0.291 e. The highest BCUT2D eigenvalue weighted by molar-refractivity contribution is 6.30. The summed E-state index contributed by atoms with van der Waals surface area (Å²) in [6, 6.07) is 23.9. The molecule has 2 aromatic heterocycles. The van der Waals surface area contributed by atoms with Crippen LogP contribution in [0.5, 0.6) is 0 Å². The summed E-state index contributed by atoms with van der Waals surface area (Å²) in [6.07, 6.45) is 0. The molecule has 0 spiro atoms. The summed E-state index contributed by atoms with van der Waals surface area (Å²) < 4.78 is 11.6. The highest BCUT2D eigenvalue weighted by Gasteiger charge is 2.14. The third kappa shape index (κ3) is 3.96. The summed E-state index contributed by atoms with van der Waals surface area (Å²) in [5.41, 5.74) is 4.78. The Morgan fingerprint density at radius 3 is 2.55 bits per heavy atom. The summed E-state index contributed by atoms with van der Waals surface area (Å²) in [6.45, 7) is 2.03. The molecule has 2 heterocycles. The maximum atomic E-state index is 12.6. The van der Waals surface area contributed by atoms with Crippen LogP contribution < -0.4 is 5.32 Å². The van der Waals surface area contributed by atoms with Gasteiger partial charge < -0.3 is 14.2 Å². The van der Waals surface area contributed by atoms with Gasteiger partial charge in [0.1, 0.15) is 11.3 Å². The van der Waals surface area contributed by atoms with E-state index in [4.69, 9.17) is 20.4 Å². The Kier molecular flexibility index (Phi) is 4.81. The lowest BCUT2D eigenvalue weighted by Crippen LogP contribution is -2.10. The molecule has 0 radical (unpaired) electrons. The van der Waals surface area contributed by atoms with Crippen LogP contribution in [-0.2, 0) is 0 Å². The van der Waals surface area contributed by atoms with Gasteiger partial charge in [0.25, 0.3) is 5.91 Å². The molecule has 0 saturated heterocycles. The Hall–Kier alpha value is -3.83. The number of carbonyl (C=O) groups excluding carboxylic acids is 1. The van der Waals surface area contributed by atoms with E-state index in [1.807, 2.05) is 43.3 Å². The van der Waals surface area contributed by atoms with Crippen molar-refractivity contribution in [1.82, 2.24) is 4.98 Å². The molecule has 1 amide bonds. The van der Waals surface area contributed by atoms with Crippen molar-refractivity contribution in [2.75, 3.05) is 5.32 Å². The highest BCUT2D eigenvalue weighted by Crippen LogP contribution is 2.28. The highest BCUT2D eigenvalue weighted by atomic mass is 35.5. The molecule has 6 heteroatoms. The number of hydrogen-bond donors (Lipinski definition) is 1. The van der Waals surface area contributed by atoms with Crippen LogP contribution in [0.25, 0.3) is 33.9 Å². The van der Waals surface area contributed by atoms with E-state index in [1.165, 1.54) is 5.56 Å². The van der Waals surface area contributed by atoms with Crippen molar-refractivity contribution in [3.05, 3.63) is 95.2 Å². The number of amides is 1. The van der Waals surface area contributed by atoms with E-state index in [0.29, 0.717) is 33.5 Å². The van der Waals surface area contributed by atoms with Gasteiger partial charge in [-0.05, 0) is 61.5 Å². The molecule has 0 aliphatic heterocycles. The minimum Gasteiger partial charge on any atom is -0.451 e. The summed E-state index contributed by atoms with van der Waals surface area (Å²) in [5.74, 6) is 0.962. The van der Waals surface area contributed by atoms with E-state index in [-0.39, 0.29) is 11.7 Å². The van der Waals surface area contributed by atoms with Gasteiger partial charge in [-0.2, -0.15) is 0 Å². The summed E-state index contributed by atoms with van der Waals surface area (Å²) in [5, 5.41) is 3.45. The van der Waals surface area contributed by atoms with E-state index in [9.17, 15) is 4.79 Å². The number of anilines is 1. The minimum absolute atomic E-state index is 0.204. The van der Waals surface area contributed by atoms with Crippen molar-refractivity contribution in [1.29, 1.82) is 0 Å². The third-order valence-corrected chi connectivity index (χ3v) is 5.12. The molecule has 0 atom stereocenters. The SMILES string of the molecule is Cc1ccc(-c2nc3cc(NC(=O)c4ccc(-c5cccc(Cl)c5)o4)ccc3o2)cc1. The van der Waals surface area contributed by atoms with E-state index in [0.717, 1.165) is 11.1 Å². The molecule has 0 aliphatic rings. The van der Waals surface area contributed by atoms with Crippen LogP contribution in [0.3, 0.4) is 0 Å². The molecule has 5 rings (SSSR count). The molecule has 152 valence electrons. The Morgan fingerprint density at radius 1 is 0.903 bits per heavy atom. The van der Waals surface area contributed by atoms with Crippen LogP contribution in [0.2, 0.25) is 5.02 Å². The lowest BCUT2D eigenvalue weighted by molar-refractivity contribution is 0.0997. The summed E-state index contributed by atoms with van der Waals surface area (Å²) in [7, 11) is 0. The molecule has 0 saturated carbocycles. The van der Waals surface area contributed by atoms with Crippen LogP contribution in [0.15, 0.2) is 87.7 Å². The average Bonchev–Trinajstić information content (AvgIpc) is 3.41. The first-order chi connectivity index (χ1) is 15.0. The van der Waals surface area contributed by atoms with Gasteiger partial charge in [0.15, 0.2) is 11.3 Å². The van der Waals surface area contributed by atoms with Gasteiger partial charge in [-0.3, -0.25) is 4.79 Å².